The molecule has 1 atom stereocenters. The average molecular weight is 375 g/mol. The first kappa shape index (κ1) is 18.5. The molecule has 1 aromatic carbocycles. The number of aryl methyl sites for hydroxylation is 2. The zero-order valence-corrected chi connectivity index (χ0v) is 15.7. The number of rotatable bonds is 5. The van der Waals surface area contributed by atoms with Gasteiger partial charge in [0.05, 0.1) is 18.2 Å². The predicted molar refractivity (Wildman–Crippen MR) is 98.0 cm³/mol. The van der Waals surface area contributed by atoms with Gasteiger partial charge in [-0.3, -0.25) is 9.59 Å². The summed E-state index contributed by atoms with van der Waals surface area (Å²) in [6.07, 6.45) is 0.878. The van der Waals surface area contributed by atoms with Crippen molar-refractivity contribution in [3.8, 4) is 0 Å². The lowest BCUT2D eigenvalue weighted by Gasteiger charge is -2.32. The van der Waals surface area contributed by atoms with Gasteiger partial charge in [-0.1, -0.05) is 12.1 Å². The summed E-state index contributed by atoms with van der Waals surface area (Å²) in [5.74, 6) is -0.629. The average Bonchev–Trinajstić information content (AvgIpc) is 2.93. The number of piperidine rings is 1. The van der Waals surface area contributed by atoms with Crippen LogP contribution < -0.4 is 5.32 Å². The Kier molecular flexibility index (Phi) is 5.66. The third kappa shape index (κ3) is 4.46. The molecule has 1 aliphatic heterocycles. The van der Waals surface area contributed by atoms with Crippen LogP contribution in [0.5, 0.6) is 0 Å². The predicted octanol–water partition coefficient (Wildman–Crippen LogP) is 2.95. The molecule has 0 bridgehead atoms. The second-order valence-electron chi connectivity index (χ2n) is 6.61. The smallest absolute Gasteiger partial charge is 0.225 e. The van der Waals surface area contributed by atoms with Crippen molar-refractivity contribution in [3.05, 3.63) is 51.2 Å². The van der Waals surface area contributed by atoms with E-state index in [1.807, 2.05) is 13.8 Å². The van der Waals surface area contributed by atoms with Gasteiger partial charge in [-0.05, 0) is 38.0 Å². The van der Waals surface area contributed by atoms with Crippen LogP contribution in [0.2, 0.25) is 0 Å². The Hall–Kier alpha value is -2.28. The molecule has 2 amide bonds. The van der Waals surface area contributed by atoms with Crippen LogP contribution in [-0.4, -0.2) is 28.2 Å². The van der Waals surface area contributed by atoms with E-state index < -0.39 is 0 Å². The lowest BCUT2D eigenvalue weighted by atomic mass is 9.96. The Balaban J connectivity index is 1.58. The van der Waals surface area contributed by atoms with E-state index in [0.29, 0.717) is 32.5 Å². The zero-order valence-electron chi connectivity index (χ0n) is 14.9. The lowest BCUT2D eigenvalue weighted by molar-refractivity contribution is -0.139. The number of hydrogen-bond donors (Lipinski definition) is 1. The SMILES string of the molecule is Cc1nc(CNC(=O)[C@H]2CCC(=O)N(Cc3cccc(F)c3)C2)sc1C. The monoisotopic (exact) mass is 375 g/mol. The molecule has 1 aromatic heterocycles. The quantitative estimate of drug-likeness (QED) is 0.874. The highest BCUT2D eigenvalue weighted by atomic mass is 32.1. The van der Waals surface area contributed by atoms with E-state index >= 15 is 0 Å². The first-order valence-electron chi connectivity index (χ1n) is 8.65. The number of hydrogen-bond acceptors (Lipinski definition) is 4. The van der Waals surface area contributed by atoms with Gasteiger partial charge in [0.1, 0.15) is 10.8 Å². The maximum atomic E-state index is 13.3. The van der Waals surface area contributed by atoms with Crippen LogP contribution in [0.1, 0.15) is 34.0 Å². The van der Waals surface area contributed by atoms with Crippen molar-refractivity contribution in [3.63, 3.8) is 0 Å². The third-order valence-corrected chi connectivity index (χ3v) is 5.69. The van der Waals surface area contributed by atoms with Crippen molar-refractivity contribution in [2.75, 3.05) is 6.54 Å². The van der Waals surface area contributed by atoms with Crippen molar-refractivity contribution in [1.29, 1.82) is 0 Å². The second-order valence-corrected chi connectivity index (χ2v) is 7.89. The number of benzene rings is 1. The molecule has 7 heteroatoms. The molecule has 1 N–H and O–H groups in total. The molecule has 0 radical (unpaired) electrons. The highest BCUT2D eigenvalue weighted by Gasteiger charge is 2.30. The Bertz CT molecular complexity index is 801. The fourth-order valence-electron chi connectivity index (χ4n) is 3.06. The van der Waals surface area contributed by atoms with E-state index in [-0.39, 0.29) is 23.5 Å². The molecular formula is C19H22FN3O2S. The normalized spacial score (nSPS) is 17.4. The number of aromatic nitrogens is 1. The standard InChI is InChI=1S/C19H22FN3O2S/c1-12-13(2)26-17(22-12)9-21-19(25)15-6-7-18(24)23(11-15)10-14-4-3-5-16(20)8-14/h3-5,8,15H,6-7,9-11H2,1-2H3,(H,21,25)/t15-/m0/s1. The minimum Gasteiger partial charge on any atom is -0.349 e. The first-order valence-corrected chi connectivity index (χ1v) is 9.47. The number of nitrogens with one attached hydrogen (secondary N) is 1. The molecule has 26 heavy (non-hydrogen) atoms. The summed E-state index contributed by atoms with van der Waals surface area (Å²) in [6, 6.07) is 6.21. The fraction of sp³-hybridized carbons (Fsp3) is 0.421. The van der Waals surface area contributed by atoms with E-state index in [1.54, 1.807) is 28.4 Å². The maximum absolute atomic E-state index is 13.3. The number of thiazole rings is 1. The molecule has 2 heterocycles. The molecule has 1 fully saturated rings. The number of halogens is 1. The van der Waals surface area contributed by atoms with Gasteiger partial charge in [0, 0.05) is 24.4 Å². The van der Waals surface area contributed by atoms with Gasteiger partial charge in [0.25, 0.3) is 0 Å². The largest absolute Gasteiger partial charge is 0.349 e. The number of carbonyl (C=O) groups excluding carboxylic acids is 2. The number of nitrogens with zero attached hydrogens (tertiary/aromatic N) is 2. The lowest BCUT2D eigenvalue weighted by Crippen LogP contribution is -2.45. The maximum Gasteiger partial charge on any atom is 0.225 e. The van der Waals surface area contributed by atoms with Gasteiger partial charge in [0.15, 0.2) is 0 Å². The zero-order chi connectivity index (χ0) is 18.7. The van der Waals surface area contributed by atoms with Crippen LogP contribution in [0, 0.1) is 25.6 Å². The van der Waals surface area contributed by atoms with E-state index in [9.17, 15) is 14.0 Å². The molecule has 138 valence electrons. The Labute approximate surface area is 156 Å². The van der Waals surface area contributed by atoms with Gasteiger partial charge in [-0.2, -0.15) is 0 Å². The highest BCUT2D eigenvalue weighted by molar-refractivity contribution is 7.11. The second kappa shape index (κ2) is 7.95. The van der Waals surface area contributed by atoms with E-state index in [1.165, 1.54) is 12.1 Å². The van der Waals surface area contributed by atoms with E-state index in [4.69, 9.17) is 0 Å². The summed E-state index contributed by atoms with van der Waals surface area (Å²) < 4.78 is 13.3. The van der Waals surface area contributed by atoms with Gasteiger partial charge in [-0.15, -0.1) is 11.3 Å². The molecule has 2 aromatic rings. The van der Waals surface area contributed by atoms with Gasteiger partial charge >= 0.3 is 0 Å². The van der Waals surface area contributed by atoms with E-state index in [0.717, 1.165) is 21.1 Å². The molecule has 0 unspecified atom stereocenters. The van der Waals surface area contributed by atoms with Crippen molar-refractivity contribution >= 4 is 23.2 Å². The minimum atomic E-state index is -0.324. The Morgan fingerprint density at radius 1 is 1.42 bits per heavy atom. The van der Waals surface area contributed by atoms with Gasteiger partial charge < -0.3 is 10.2 Å². The molecule has 1 aliphatic rings. The molecule has 1 saturated heterocycles. The van der Waals surface area contributed by atoms with Gasteiger partial charge in [0.2, 0.25) is 11.8 Å². The summed E-state index contributed by atoms with van der Waals surface area (Å²) in [4.78, 5) is 31.9. The summed E-state index contributed by atoms with van der Waals surface area (Å²) in [5.41, 5.74) is 1.72. The third-order valence-electron chi connectivity index (χ3n) is 4.62. The van der Waals surface area contributed by atoms with Crippen molar-refractivity contribution in [2.45, 2.75) is 39.8 Å². The summed E-state index contributed by atoms with van der Waals surface area (Å²) in [5, 5.41) is 3.81. The topological polar surface area (TPSA) is 62.3 Å². The van der Waals surface area contributed by atoms with Crippen LogP contribution in [-0.2, 0) is 22.7 Å². The minimum absolute atomic E-state index is 0.00415. The van der Waals surface area contributed by atoms with Crippen molar-refractivity contribution < 1.29 is 14.0 Å². The fourth-order valence-corrected chi connectivity index (χ4v) is 3.93. The summed E-state index contributed by atoms with van der Waals surface area (Å²) in [7, 11) is 0. The van der Waals surface area contributed by atoms with Crippen LogP contribution in [0.25, 0.3) is 0 Å². The highest BCUT2D eigenvalue weighted by Crippen LogP contribution is 2.21. The molecule has 0 aliphatic carbocycles. The number of amides is 2. The summed E-state index contributed by atoms with van der Waals surface area (Å²) in [6.45, 7) is 5.05. The van der Waals surface area contributed by atoms with Gasteiger partial charge in [-0.25, -0.2) is 9.37 Å². The van der Waals surface area contributed by atoms with Crippen LogP contribution >= 0.6 is 11.3 Å². The number of carbonyl (C=O) groups is 2. The Morgan fingerprint density at radius 2 is 2.23 bits per heavy atom. The summed E-state index contributed by atoms with van der Waals surface area (Å²) >= 11 is 1.58. The number of likely N-dealkylation sites (tertiary alicyclic amines) is 1. The molecular weight excluding hydrogens is 353 g/mol. The Morgan fingerprint density at radius 3 is 2.92 bits per heavy atom. The molecule has 0 spiro atoms. The van der Waals surface area contributed by atoms with Crippen LogP contribution in [0.4, 0.5) is 4.39 Å². The molecule has 0 saturated carbocycles. The van der Waals surface area contributed by atoms with Crippen molar-refractivity contribution in [1.82, 2.24) is 15.2 Å². The molecule has 5 nitrogen and oxygen atoms in total. The first-order chi connectivity index (χ1) is 12.4. The van der Waals surface area contributed by atoms with E-state index in [2.05, 4.69) is 10.3 Å². The van der Waals surface area contributed by atoms with Crippen LogP contribution in [0.15, 0.2) is 24.3 Å². The van der Waals surface area contributed by atoms with Crippen LogP contribution in [0.3, 0.4) is 0 Å². The molecule has 3 rings (SSSR count). The van der Waals surface area contributed by atoms with Crippen molar-refractivity contribution in [2.24, 2.45) is 5.92 Å².